The van der Waals surface area contributed by atoms with E-state index in [0.29, 0.717) is 31.8 Å². The molecule has 1 unspecified atom stereocenters. The van der Waals surface area contributed by atoms with Crippen molar-refractivity contribution in [1.82, 2.24) is 0 Å². The third kappa shape index (κ3) is 13.2. The summed E-state index contributed by atoms with van der Waals surface area (Å²) < 4.78 is 34.9. The van der Waals surface area contributed by atoms with E-state index in [9.17, 15) is 18.9 Å². The molecule has 0 N–H and O–H groups in total. The molecule has 0 saturated heterocycles. The van der Waals surface area contributed by atoms with E-state index in [-0.39, 0.29) is 35.8 Å². The van der Waals surface area contributed by atoms with Crippen molar-refractivity contribution in [2.75, 3.05) is 18.9 Å². The fourth-order valence-corrected chi connectivity index (χ4v) is 6.74. The largest absolute Gasteiger partial charge is 0.462 e. The Morgan fingerprint density at radius 2 is 1.61 bits per heavy atom. The van der Waals surface area contributed by atoms with Gasteiger partial charge < -0.3 is 18.7 Å². The van der Waals surface area contributed by atoms with Gasteiger partial charge in [0.1, 0.15) is 18.3 Å². The molecule has 0 amide bonds. The molecule has 0 aromatic carbocycles. The molecule has 38 heavy (non-hydrogen) atoms. The van der Waals surface area contributed by atoms with Crippen LogP contribution >= 0.6 is 7.37 Å². The Labute approximate surface area is 229 Å². The van der Waals surface area contributed by atoms with Crippen molar-refractivity contribution >= 4 is 25.3 Å². The second-order valence-corrected chi connectivity index (χ2v) is 12.9. The summed E-state index contributed by atoms with van der Waals surface area (Å²) >= 11 is 0. The normalized spacial score (nSPS) is 23.8. The van der Waals surface area contributed by atoms with Gasteiger partial charge in [-0.05, 0) is 45.1 Å². The molecule has 218 valence electrons. The summed E-state index contributed by atoms with van der Waals surface area (Å²) in [5, 5.41) is 0. The first-order valence-electron chi connectivity index (χ1n) is 14.1. The number of unbranched alkanes of at least 4 members (excludes halogenated alkanes) is 3. The number of hydrogen-bond acceptors (Lipinski definition) is 8. The Kier molecular flexibility index (Phi) is 16.5. The van der Waals surface area contributed by atoms with E-state index in [0.717, 1.165) is 38.5 Å². The van der Waals surface area contributed by atoms with Crippen LogP contribution in [-0.4, -0.2) is 55.2 Å². The fraction of sp³-hybridized carbons (Fsp3) is 0.759. The molecule has 0 aromatic heterocycles. The number of allylic oxidation sites excluding steroid dienone is 2. The van der Waals surface area contributed by atoms with Crippen molar-refractivity contribution in [3.8, 4) is 0 Å². The zero-order valence-corrected chi connectivity index (χ0v) is 25.1. The van der Waals surface area contributed by atoms with Crippen molar-refractivity contribution in [3.63, 3.8) is 0 Å². The van der Waals surface area contributed by atoms with Crippen LogP contribution in [0.4, 0.5) is 0 Å². The van der Waals surface area contributed by atoms with Crippen molar-refractivity contribution in [2.24, 2.45) is 11.8 Å². The summed E-state index contributed by atoms with van der Waals surface area (Å²) in [6.07, 6.45) is 14.2. The highest BCUT2D eigenvalue weighted by Gasteiger charge is 2.45. The predicted octanol–water partition coefficient (Wildman–Crippen LogP) is 6.62. The van der Waals surface area contributed by atoms with Crippen LogP contribution in [0.15, 0.2) is 24.3 Å². The number of carbonyl (C=O) groups excluding carboxylic acids is 3. The molecule has 1 rings (SSSR count). The topological polar surface area (TPSA) is 105 Å². The molecule has 0 aromatic rings. The first-order valence-corrected chi connectivity index (χ1v) is 16.1. The van der Waals surface area contributed by atoms with E-state index in [2.05, 4.69) is 19.1 Å². The van der Waals surface area contributed by atoms with Gasteiger partial charge in [0.15, 0.2) is 0 Å². The maximum Gasteiger partial charge on any atom is 0.303 e. The molecule has 8 nitrogen and oxygen atoms in total. The molecule has 0 spiro atoms. The van der Waals surface area contributed by atoms with Crippen molar-refractivity contribution in [3.05, 3.63) is 24.3 Å². The molecule has 1 saturated carbocycles. The molecule has 1 aliphatic carbocycles. The van der Waals surface area contributed by atoms with E-state index in [1.54, 1.807) is 0 Å². The number of rotatable bonds is 18. The van der Waals surface area contributed by atoms with Gasteiger partial charge in [0.05, 0.1) is 6.61 Å². The second-order valence-electron chi connectivity index (χ2n) is 9.92. The van der Waals surface area contributed by atoms with Gasteiger partial charge in [0.2, 0.25) is 7.37 Å². The van der Waals surface area contributed by atoms with Gasteiger partial charge in [-0.3, -0.25) is 18.9 Å². The van der Waals surface area contributed by atoms with Crippen LogP contribution in [0.5, 0.6) is 0 Å². The smallest absolute Gasteiger partial charge is 0.303 e. The Bertz CT molecular complexity index is 836. The number of ether oxygens (including phenoxy) is 3. The zero-order chi connectivity index (χ0) is 28.6. The summed E-state index contributed by atoms with van der Waals surface area (Å²) in [5.41, 5.74) is 0. The van der Waals surface area contributed by atoms with Crippen molar-refractivity contribution < 1.29 is 37.7 Å². The third-order valence-electron chi connectivity index (χ3n) is 6.75. The minimum absolute atomic E-state index is 0.102. The lowest BCUT2D eigenvalue weighted by Crippen LogP contribution is -2.25. The molecular weight excluding hydrogens is 507 g/mol. The van der Waals surface area contributed by atoms with E-state index >= 15 is 0 Å². The Morgan fingerprint density at radius 3 is 2.18 bits per heavy atom. The molecule has 0 heterocycles. The summed E-state index contributed by atoms with van der Waals surface area (Å²) in [7, 11) is -2.55. The summed E-state index contributed by atoms with van der Waals surface area (Å²) in [6.45, 7) is 10.5. The maximum atomic E-state index is 12.6. The van der Waals surface area contributed by atoms with Crippen molar-refractivity contribution in [1.29, 1.82) is 0 Å². The quantitative estimate of drug-likeness (QED) is 0.0610. The molecule has 0 aliphatic heterocycles. The van der Waals surface area contributed by atoms with Gasteiger partial charge in [0, 0.05) is 51.4 Å². The highest BCUT2D eigenvalue weighted by atomic mass is 31.2. The van der Waals surface area contributed by atoms with Gasteiger partial charge in [0.25, 0.3) is 0 Å². The van der Waals surface area contributed by atoms with Crippen LogP contribution in [0.25, 0.3) is 0 Å². The molecule has 6 atom stereocenters. The van der Waals surface area contributed by atoms with E-state index in [4.69, 9.17) is 18.7 Å². The summed E-state index contributed by atoms with van der Waals surface area (Å²) in [4.78, 5) is 35.4. The van der Waals surface area contributed by atoms with Crippen LogP contribution < -0.4 is 0 Å². The van der Waals surface area contributed by atoms with E-state index < -0.39 is 19.6 Å². The maximum absolute atomic E-state index is 12.6. The molecule has 9 heteroatoms. The molecule has 1 fully saturated rings. The highest BCUT2D eigenvalue weighted by Crippen LogP contribution is 2.47. The Hall–Kier alpha value is -1.92. The predicted molar refractivity (Wildman–Crippen MR) is 149 cm³/mol. The monoisotopic (exact) mass is 556 g/mol. The lowest BCUT2D eigenvalue weighted by Gasteiger charge is -2.23. The van der Waals surface area contributed by atoms with Gasteiger partial charge in [-0.15, -0.1) is 0 Å². The average Bonchev–Trinajstić information content (AvgIpc) is 3.13. The third-order valence-corrected chi connectivity index (χ3v) is 9.44. The molecule has 1 aliphatic rings. The molecule has 0 radical (unpaired) electrons. The minimum Gasteiger partial charge on any atom is -0.462 e. The van der Waals surface area contributed by atoms with Crippen LogP contribution in [0.2, 0.25) is 0 Å². The highest BCUT2D eigenvalue weighted by molar-refractivity contribution is 7.58. The number of hydrogen-bond donors (Lipinski definition) is 0. The number of carbonyl (C=O) groups is 3. The Balaban J connectivity index is 3.02. The van der Waals surface area contributed by atoms with Gasteiger partial charge in [-0.1, -0.05) is 44.9 Å². The second kappa shape index (κ2) is 18.4. The van der Waals surface area contributed by atoms with Gasteiger partial charge in [-0.2, -0.15) is 0 Å². The number of esters is 3. The summed E-state index contributed by atoms with van der Waals surface area (Å²) in [5.74, 6) is -1.41. The average molecular weight is 557 g/mol. The lowest BCUT2D eigenvalue weighted by atomic mass is 9.89. The molecular formula is C29H49O8P. The van der Waals surface area contributed by atoms with Crippen LogP contribution in [0.3, 0.4) is 0 Å². The van der Waals surface area contributed by atoms with Crippen LogP contribution in [0.1, 0.15) is 92.9 Å². The molecule has 0 bridgehead atoms. The first kappa shape index (κ1) is 34.1. The van der Waals surface area contributed by atoms with Gasteiger partial charge >= 0.3 is 17.9 Å². The fourth-order valence-electron chi connectivity index (χ4n) is 4.97. The van der Waals surface area contributed by atoms with Crippen LogP contribution in [-0.2, 0) is 37.7 Å². The minimum atomic E-state index is -2.55. The first-order chi connectivity index (χ1) is 18.0. The lowest BCUT2D eigenvalue weighted by molar-refractivity contribution is -0.149. The standard InChI is InChI=1S/C29H49O8P/c1-7-10-13-16-25(35-22(4)30)18-19-27-26(28(36-23(5)31)21-29(27)37-24(6)32)17-14-11-12-15-20-38(33,9-3)34-8-2/h11,14,18-19,25-29H,7-10,12-13,15-17,20-21H2,1-6H3/b14-11-,19-18+/t25-,26+,27+,28-,29+,38?/m0/s1. The SMILES string of the molecule is CCCCC[C@@H](/C=C/[C@@H]1[C@@H](C/C=C\CCCP(=O)(CC)OCC)[C@@H](OC(C)=O)C[C@H]1OC(C)=O)OC(C)=O. The van der Waals surface area contributed by atoms with Gasteiger partial charge in [-0.25, -0.2) is 0 Å². The van der Waals surface area contributed by atoms with E-state index in [1.807, 2.05) is 26.0 Å². The summed E-state index contributed by atoms with van der Waals surface area (Å²) in [6, 6.07) is 0. The van der Waals surface area contributed by atoms with Crippen LogP contribution in [0, 0.1) is 11.8 Å². The Morgan fingerprint density at radius 1 is 0.921 bits per heavy atom. The van der Waals surface area contributed by atoms with Crippen molar-refractivity contribution in [2.45, 2.75) is 111 Å². The van der Waals surface area contributed by atoms with E-state index in [1.165, 1.54) is 20.8 Å². The zero-order valence-electron chi connectivity index (χ0n) is 24.2.